The highest BCUT2D eigenvalue weighted by atomic mass is 35.5. The third-order valence-electron chi connectivity index (χ3n) is 1.10. The molecule has 1 heterocycles. The van der Waals surface area contributed by atoms with Gasteiger partial charge in [-0.3, -0.25) is 4.68 Å². The van der Waals surface area contributed by atoms with Crippen LogP contribution in [-0.2, 0) is 17.3 Å². The monoisotopic (exact) mass is 198 g/mol. The van der Waals surface area contributed by atoms with Gasteiger partial charge in [-0.15, -0.1) is 3.89 Å². The topological polar surface area (TPSA) is 52.0 Å². The second kappa shape index (κ2) is 2.46. The lowest BCUT2D eigenvalue weighted by Gasteiger charge is -1.90. The average Bonchev–Trinajstić information content (AvgIpc) is 2.11. The minimum absolute atomic E-state index is 0.229. The Bertz CT molecular complexity index is 371. The van der Waals surface area contributed by atoms with Crippen molar-refractivity contribution in [1.29, 1.82) is 0 Å². The van der Waals surface area contributed by atoms with Crippen LogP contribution in [0.4, 0.5) is 3.89 Å². The van der Waals surface area contributed by atoms with E-state index in [1.165, 1.54) is 7.05 Å². The molecule has 0 aliphatic heterocycles. The van der Waals surface area contributed by atoms with Crippen molar-refractivity contribution in [2.45, 2.75) is 4.90 Å². The van der Waals surface area contributed by atoms with E-state index >= 15 is 0 Å². The molecule has 7 heteroatoms. The molecular formula is C4H4ClFN2O2S. The fourth-order valence-corrected chi connectivity index (χ4v) is 1.44. The van der Waals surface area contributed by atoms with Crippen molar-refractivity contribution in [3.05, 3.63) is 11.3 Å². The van der Waals surface area contributed by atoms with E-state index in [1.807, 2.05) is 0 Å². The molecule has 0 spiro atoms. The van der Waals surface area contributed by atoms with Gasteiger partial charge in [0.15, 0.2) is 4.90 Å². The summed E-state index contributed by atoms with van der Waals surface area (Å²) in [5.41, 5.74) is 0. The lowest BCUT2D eigenvalue weighted by molar-refractivity contribution is 0.552. The summed E-state index contributed by atoms with van der Waals surface area (Å²) in [5, 5.41) is 3.22. The van der Waals surface area contributed by atoms with E-state index in [0.717, 1.165) is 10.9 Å². The van der Waals surface area contributed by atoms with E-state index < -0.39 is 15.1 Å². The van der Waals surface area contributed by atoms with Gasteiger partial charge < -0.3 is 0 Å². The number of aromatic nitrogens is 2. The maximum Gasteiger partial charge on any atom is 0.336 e. The van der Waals surface area contributed by atoms with Crippen LogP contribution in [0.5, 0.6) is 0 Å². The predicted octanol–water partition coefficient (Wildman–Crippen LogP) is 0.732. The lowest BCUT2D eigenvalue weighted by Crippen LogP contribution is -1.92. The molecule has 1 aromatic heterocycles. The van der Waals surface area contributed by atoms with Crippen molar-refractivity contribution in [2.24, 2.45) is 7.05 Å². The molecule has 0 unspecified atom stereocenters. The second-order valence-corrected chi connectivity index (χ2v) is 3.53. The van der Waals surface area contributed by atoms with E-state index in [2.05, 4.69) is 5.10 Å². The molecule has 4 nitrogen and oxygen atoms in total. The summed E-state index contributed by atoms with van der Waals surface area (Å²) in [6.45, 7) is 0. The third-order valence-corrected chi connectivity index (χ3v) is 2.48. The molecule has 0 saturated carbocycles. The number of hydrogen-bond acceptors (Lipinski definition) is 3. The van der Waals surface area contributed by atoms with Crippen LogP contribution in [0.2, 0.25) is 5.15 Å². The quantitative estimate of drug-likeness (QED) is 0.626. The van der Waals surface area contributed by atoms with Crippen molar-refractivity contribution in [3.8, 4) is 0 Å². The van der Waals surface area contributed by atoms with Crippen LogP contribution in [0, 0.1) is 0 Å². The van der Waals surface area contributed by atoms with E-state index in [-0.39, 0.29) is 5.15 Å². The van der Waals surface area contributed by atoms with Crippen LogP contribution in [0.15, 0.2) is 11.1 Å². The van der Waals surface area contributed by atoms with Crippen LogP contribution >= 0.6 is 11.6 Å². The number of aryl methyl sites for hydroxylation is 1. The van der Waals surface area contributed by atoms with Crippen LogP contribution in [0.1, 0.15) is 0 Å². The summed E-state index contributed by atoms with van der Waals surface area (Å²) in [6.07, 6.45) is 0.859. The molecule has 0 radical (unpaired) electrons. The molecule has 0 N–H and O–H groups in total. The molecule has 0 aromatic carbocycles. The summed E-state index contributed by atoms with van der Waals surface area (Å²) in [4.78, 5) is -0.596. The summed E-state index contributed by atoms with van der Waals surface area (Å²) in [5.74, 6) is 0. The summed E-state index contributed by atoms with van der Waals surface area (Å²) >= 11 is 5.37. The number of nitrogens with zero attached hydrogens (tertiary/aromatic N) is 2. The van der Waals surface area contributed by atoms with Gasteiger partial charge in [0.05, 0.1) is 6.20 Å². The minimum Gasteiger partial charge on any atom is -0.256 e. The minimum atomic E-state index is -4.73. The molecule has 1 rings (SSSR count). The van der Waals surface area contributed by atoms with E-state index in [4.69, 9.17) is 11.6 Å². The van der Waals surface area contributed by atoms with Crippen LogP contribution in [0.25, 0.3) is 0 Å². The smallest absolute Gasteiger partial charge is 0.256 e. The highest BCUT2D eigenvalue weighted by Gasteiger charge is 2.19. The van der Waals surface area contributed by atoms with Gasteiger partial charge in [0.25, 0.3) is 0 Å². The first kappa shape index (κ1) is 8.48. The Morgan fingerprint density at radius 3 is 2.45 bits per heavy atom. The zero-order chi connectivity index (χ0) is 8.65. The van der Waals surface area contributed by atoms with Gasteiger partial charge in [0, 0.05) is 7.05 Å². The predicted molar refractivity (Wildman–Crippen MR) is 36.5 cm³/mol. The van der Waals surface area contributed by atoms with E-state index in [9.17, 15) is 12.3 Å². The molecule has 0 amide bonds. The maximum atomic E-state index is 12.2. The standard InChI is InChI=1S/C4H4ClFN2O2S/c1-8-4(5)3(2-7-8)11(6,9)10/h2H,1H3. The van der Waals surface area contributed by atoms with Gasteiger partial charge in [-0.2, -0.15) is 13.5 Å². The first-order valence-electron chi connectivity index (χ1n) is 2.55. The van der Waals surface area contributed by atoms with Crippen LogP contribution in [0.3, 0.4) is 0 Å². The largest absolute Gasteiger partial charge is 0.336 e. The SMILES string of the molecule is Cn1ncc(S(=O)(=O)F)c1Cl. The van der Waals surface area contributed by atoms with Gasteiger partial charge in [0.2, 0.25) is 0 Å². The molecule has 62 valence electrons. The van der Waals surface area contributed by atoms with Crippen molar-refractivity contribution >= 4 is 21.8 Å². The second-order valence-electron chi connectivity index (χ2n) is 1.86. The average molecular weight is 199 g/mol. The summed E-state index contributed by atoms with van der Waals surface area (Å²) in [7, 11) is -3.31. The van der Waals surface area contributed by atoms with Gasteiger partial charge in [-0.05, 0) is 0 Å². The molecule has 0 aliphatic carbocycles. The fourth-order valence-electron chi connectivity index (χ4n) is 0.566. The van der Waals surface area contributed by atoms with Crippen LogP contribution < -0.4 is 0 Å². The molecule has 11 heavy (non-hydrogen) atoms. The fraction of sp³-hybridized carbons (Fsp3) is 0.250. The van der Waals surface area contributed by atoms with Gasteiger partial charge in [0.1, 0.15) is 5.15 Å². The zero-order valence-corrected chi connectivity index (χ0v) is 7.02. The maximum absolute atomic E-state index is 12.2. The Balaban J connectivity index is 3.38. The Labute approximate surface area is 67.8 Å². The van der Waals surface area contributed by atoms with Crippen LogP contribution in [-0.4, -0.2) is 18.2 Å². The van der Waals surface area contributed by atoms with E-state index in [0.29, 0.717) is 0 Å². The number of rotatable bonds is 1. The normalized spacial score (nSPS) is 11.9. The van der Waals surface area contributed by atoms with Gasteiger partial charge >= 0.3 is 10.2 Å². The Kier molecular flexibility index (Phi) is 1.89. The zero-order valence-electron chi connectivity index (χ0n) is 5.45. The Morgan fingerprint density at radius 1 is 1.73 bits per heavy atom. The highest BCUT2D eigenvalue weighted by Crippen LogP contribution is 2.21. The number of hydrogen-bond donors (Lipinski definition) is 0. The van der Waals surface area contributed by atoms with E-state index in [1.54, 1.807) is 0 Å². The highest BCUT2D eigenvalue weighted by molar-refractivity contribution is 7.86. The number of halogens is 2. The van der Waals surface area contributed by atoms with Gasteiger partial charge in [-0.1, -0.05) is 11.6 Å². The lowest BCUT2D eigenvalue weighted by atomic mass is 10.7. The first-order valence-corrected chi connectivity index (χ1v) is 4.31. The molecule has 0 fully saturated rings. The van der Waals surface area contributed by atoms with Gasteiger partial charge in [-0.25, -0.2) is 0 Å². The Morgan fingerprint density at radius 2 is 2.27 bits per heavy atom. The molecular weight excluding hydrogens is 195 g/mol. The van der Waals surface area contributed by atoms with Crippen molar-refractivity contribution in [1.82, 2.24) is 9.78 Å². The van der Waals surface area contributed by atoms with Crippen molar-refractivity contribution < 1.29 is 12.3 Å². The van der Waals surface area contributed by atoms with Crippen molar-refractivity contribution in [2.75, 3.05) is 0 Å². The third kappa shape index (κ3) is 1.51. The summed E-state index contributed by atoms with van der Waals surface area (Å²) in [6, 6.07) is 0. The molecule has 0 aliphatic rings. The molecule has 0 atom stereocenters. The van der Waals surface area contributed by atoms with Crippen molar-refractivity contribution in [3.63, 3.8) is 0 Å². The molecule has 1 aromatic rings. The molecule has 0 saturated heterocycles. The summed E-state index contributed by atoms with van der Waals surface area (Å²) < 4.78 is 33.8. The Hall–Kier alpha value is -0.620. The first-order chi connectivity index (χ1) is 4.93. The molecule has 0 bridgehead atoms.